The van der Waals surface area contributed by atoms with E-state index in [4.69, 9.17) is 0 Å². The van der Waals surface area contributed by atoms with Crippen molar-refractivity contribution in [2.75, 3.05) is 19.3 Å². The maximum Gasteiger partial charge on any atom is 0.237 e. The molecule has 0 spiro atoms. The molecule has 1 saturated heterocycles. The molecule has 1 atom stereocenters. The van der Waals surface area contributed by atoms with Crippen LogP contribution in [0.5, 0.6) is 0 Å². The number of hydrogen-bond donors (Lipinski definition) is 2. The molecule has 6 nitrogen and oxygen atoms in total. The summed E-state index contributed by atoms with van der Waals surface area (Å²) in [6, 6.07) is -0.0842. The Balaban J connectivity index is 2.43. The third kappa shape index (κ3) is 5.92. The molecular weight excluding hydrogens is 290 g/mol. The van der Waals surface area contributed by atoms with Gasteiger partial charge in [-0.05, 0) is 40.0 Å². The van der Waals surface area contributed by atoms with Crippen molar-refractivity contribution in [1.29, 1.82) is 0 Å². The highest BCUT2D eigenvalue weighted by Gasteiger charge is 2.28. The molecule has 1 aliphatic rings. The molecule has 0 saturated carbocycles. The van der Waals surface area contributed by atoms with Crippen molar-refractivity contribution < 1.29 is 13.2 Å². The molecule has 0 aromatic carbocycles. The molecule has 124 valence electrons. The summed E-state index contributed by atoms with van der Waals surface area (Å²) in [6.45, 7) is 8.93. The second-order valence-corrected chi connectivity index (χ2v) is 8.53. The number of carbonyl (C=O) groups excluding carboxylic acids is 1. The van der Waals surface area contributed by atoms with E-state index in [1.807, 2.05) is 27.7 Å². The van der Waals surface area contributed by atoms with Crippen LogP contribution in [0.2, 0.25) is 0 Å². The molecule has 1 amide bonds. The van der Waals surface area contributed by atoms with Gasteiger partial charge >= 0.3 is 0 Å². The van der Waals surface area contributed by atoms with Gasteiger partial charge in [-0.1, -0.05) is 6.92 Å². The summed E-state index contributed by atoms with van der Waals surface area (Å²) in [4.78, 5) is 12.1. The fraction of sp³-hybridized carbons (Fsp3) is 0.929. The molecule has 2 N–H and O–H groups in total. The van der Waals surface area contributed by atoms with Crippen molar-refractivity contribution >= 4 is 15.9 Å². The quantitative estimate of drug-likeness (QED) is 0.755. The summed E-state index contributed by atoms with van der Waals surface area (Å²) in [6.07, 6.45) is 3.59. The van der Waals surface area contributed by atoms with Gasteiger partial charge in [0.2, 0.25) is 15.9 Å². The van der Waals surface area contributed by atoms with E-state index in [-0.39, 0.29) is 23.5 Å². The van der Waals surface area contributed by atoms with Gasteiger partial charge in [-0.25, -0.2) is 12.7 Å². The monoisotopic (exact) mass is 319 g/mol. The Hall–Kier alpha value is -0.660. The van der Waals surface area contributed by atoms with E-state index in [9.17, 15) is 13.2 Å². The highest BCUT2D eigenvalue weighted by Crippen LogP contribution is 2.14. The van der Waals surface area contributed by atoms with Crippen LogP contribution >= 0.6 is 0 Å². The minimum atomic E-state index is -3.10. The first kappa shape index (κ1) is 18.4. The molecule has 0 aliphatic carbocycles. The normalized spacial score (nSPS) is 20.2. The summed E-state index contributed by atoms with van der Waals surface area (Å²) in [7, 11) is -3.10. The lowest BCUT2D eigenvalue weighted by atomic mass is 10.0. The lowest BCUT2D eigenvalue weighted by Crippen LogP contribution is -2.54. The molecule has 0 bridgehead atoms. The molecule has 21 heavy (non-hydrogen) atoms. The highest BCUT2D eigenvalue weighted by atomic mass is 32.2. The molecule has 1 rings (SSSR count). The summed E-state index contributed by atoms with van der Waals surface area (Å²) in [5.41, 5.74) is -0.202. The number of carbonyl (C=O) groups is 1. The Morgan fingerprint density at radius 2 is 1.86 bits per heavy atom. The number of hydrogen-bond acceptors (Lipinski definition) is 4. The summed E-state index contributed by atoms with van der Waals surface area (Å²) < 4.78 is 24.4. The van der Waals surface area contributed by atoms with Crippen molar-refractivity contribution in [2.45, 2.75) is 64.6 Å². The van der Waals surface area contributed by atoms with Crippen molar-refractivity contribution in [3.8, 4) is 0 Å². The molecule has 0 radical (unpaired) electrons. The molecule has 1 heterocycles. The van der Waals surface area contributed by atoms with E-state index in [0.717, 1.165) is 19.3 Å². The Morgan fingerprint density at radius 3 is 2.29 bits per heavy atom. The zero-order valence-electron chi connectivity index (χ0n) is 13.8. The van der Waals surface area contributed by atoms with Crippen LogP contribution in [0.25, 0.3) is 0 Å². The predicted octanol–water partition coefficient (Wildman–Crippen LogP) is 0.693. The maximum absolute atomic E-state index is 12.1. The lowest BCUT2D eigenvalue weighted by molar-refractivity contribution is -0.124. The maximum atomic E-state index is 12.1. The second kappa shape index (κ2) is 7.07. The first-order valence-electron chi connectivity index (χ1n) is 7.58. The third-order valence-corrected chi connectivity index (χ3v) is 5.45. The van der Waals surface area contributed by atoms with Crippen LogP contribution in [-0.4, -0.2) is 55.6 Å². The van der Waals surface area contributed by atoms with Gasteiger partial charge in [0.15, 0.2) is 0 Å². The number of amides is 1. The number of nitrogens with zero attached hydrogens (tertiary/aromatic N) is 1. The van der Waals surface area contributed by atoms with E-state index in [0.29, 0.717) is 13.1 Å². The van der Waals surface area contributed by atoms with Gasteiger partial charge < -0.3 is 10.6 Å². The fourth-order valence-corrected chi connectivity index (χ4v) is 3.19. The minimum Gasteiger partial charge on any atom is -0.350 e. The Labute approximate surface area is 128 Å². The van der Waals surface area contributed by atoms with E-state index in [2.05, 4.69) is 10.6 Å². The summed E-state index contributed by atoms with van der Waals surface area (Å²) in [5, 5.41) is 6.32. The van der Waals surface area contributed by atoms with E-state index >= 15 is 0 Å². The molecule has 1 fully saturated rings. The molecule has 1 unspecified atom stereocenters. The van der Waals surface area contributed by atoms with Gasteiger partial charge in [0.05, 0.1) is 12.3 Å². The zero-order chi connectivity index (χ0) is 16.3. The molecule has 0 aromatic heterocycles. The van der Waals surface area contributed by atoms with E-state index < -0.39 is 10.0 Å². The van der Waals surface area contributed by atoms with Gasteiger partial charge in [0.1, 0.15) is 0 Å². The molecule has 7 heteroatoms. The van der Waals surface area contributed by atoms with Crippen molar-refractivity contribution in [3.63, 3.8) is 0 Å². The summed E-state index contributed by atoms with van der Waals surface area (Å²) in [5.74, 6) is -0.00704. The van der Waals surface area contributed by atoms with Crippen molar-refractivity contribution in [2.24, 2.45) is 0 Å². The van der Waals surface area contributed by atoms with Crippen LogP contribution in [0, 0.1) is 0 Å². The van der Waals surface area contributed by atoms with E-state index in [1.165, 1.54) is 10.6 Å². The standard InChI is InChI=1S/C14H29N3O3S/c1-6-14(3,4)16-13(18)11(2)15-12-7-9-17(10-8-12)21(5,19)20/h11-12,15H,6-10H2,1-5H3,(H,16,18). The van der Waals surface area contributed by atoms with Crippen LogP contribution < -0.4 is 10.6 Å². The third-order valence-electron chi connectivity index (χ3n) is 4.15. The number of piperidine rings is 1. The first-order valence-corrected chi connectivity index (χ1v) is 9.43. The molecular formula is C14H29N3O3S. The van der Waals surface area contributed by atoms with Crippen LogP contribution in [0.3, 0.4) is 0 Å². The van der Waals surface area contributed by atoms with Crippen LogP contribution in [0.4, 0.5) is 0 Å². The molecule has 0 aromatic rings. The Bertz CT molecular complexity index is 454. The summed E-state index contributed by atoms with van der Waals surface area (Å²) >= 11 is 0. The molecule has 1 aliphatic heterocycles. The number of nitrogens with one attached hydrogen (secondary N) is 2. The SMILES string of the molecule is CCC(C)(C)NC(=O)C(C)NC1CCN(S(C)(=O)=O)CC1. The van der Waals surface area contributed by atoms with E-state index in [1.54, 1.807) is 0 Å². The topological polar surface area (TPSA) is 78.5 Å². The minimum absolute atomic E-state index is 0.00704. The van der Waals surface area contributed by atoms with Crippen molar-refractivity contribution in [3.05, 3.63) is 0 Å². The van der Waals surface area contributed by atoms with Crippen molar-refractivity contribution in [1.82, 2.24) is 14.9 Å². The van der Waals surface area contributed by atoms with Gasteiger partial charge in [-0.15, -0.1) is 0 Å². The van der Waals surface area contributed by atoms with Gasteiger partial charge in [-0.3, -0.25) is 4.79 Å². The predicted molar refractivity (Wildman–Crippen MR) is 84.5 cm³/mol. The largest absolute Gasteiger partial charge is 0.350 e. The van der Waals surface area contributed by atoms with Gasteiger partial charge in [-0.2, -0.15) is 0 Å². The zero-order valence-corrected chi connectivity index (χ0v) is 14.6. The Kier molecular flexibility index (Phi) is 6.19. The fourth-order valence-electron chi connectivity index (χ4n) is 2.31. The average molecular weight is 319 g/mol. The number of rotatable bonds is 6. The highest BCUT2D eigenvalue weighted by molar-refractivity contribution is 7.88. The smallest absolute Gasteiger partial charge is 0.237 e. The van der Waals surface area contributed by atoms with Crippen LogP contribution in [0.15, 0.2) is 0 Å². The average Bonchev–Trinajstić information content (AvgIpc) is 2.37. The van der Waals surface area contributed by atoms with Crippen LogP contribution in [-0.2, 0) is 14.8 Å². The Morgan fingerprint density at radius 1 is 1.33 bits per heavy atom. The second-order valence-electron chi connectivity index (χ2n) is 6.55. The lowest BCUT2D eigenvalue weighted by Gasteiger charge is -2.33. The van der Waals surface area contributed by atoms with Gasteiger partial charge in [0, 0.05) is 24.7 Å². The van der Waals surface area contributed by atoms with Crippen LogP contribution in [0.1, 0.15) is 47.0 Å². The van der Waals surface area contributed by atoms with Gasteiger partial charge in [0.25, 0.3) is 0 Å². The first-order chi connectivity index (χ1) is 9.55. The number of sulfonamides is 1.